The number of hydrogen-bond acceptors (Lipinski definition) is 4. The second kappa shape index (κ2) is 9.00. The topological polar surface area (TPSA) is 76.7 Å². The Bertz CT molecular complexity index is 1010. The van der Waals surface area contributed by atoms with Crippen LogP contribution in [0, 0.1) is 5.41 Å². The molecule has 0 unspecified atom stereocenters. The quantitative estimate of drug-likeness (QED) is 0.504. The van der Waals surface area contributed by atoms with E-state index in [1.54, 1.807) is 30.3 Å². The summed E-state index contributed by atoms with van der Waals surface area (Å²) in [6, 6.07) is 22.3. The Kier molecular flexibility index (Phi) is 6.22. The van der Waals surface area contributed by atoms with Gasteiger partial charge in [0.2, 0.25) is 0 Å². The van der Waals surface area contributed by atoms with Crippen molar-refractivity contribution in [2.45, 2.75) is 26.3 Å². The average molecular weight is 372 g/mol. The first-order chi connectivity index (χ1) is 13.5. The first-order valence-corrected chi connectivity index (χ1v) is 9.27. The molecular weight excluding hydrogens is 348 g/mol. The first-order valence-electron chi connectivity index (χ1n) is 9.27. The van der Waals surface area contributed by atoms with Gasteiger partial charge in [-0.2, -0.15) is 0 Å². The summed E-state index contributed by atoms with van der Waals surface area (Å²) in [7, 11) is 0. The number of aryl methyl sites for hydroxylation is 1. The minimum absolute atomic E-state index is 0.148. The van der Waals surface area contributed by atoms with E-state index in [2.05, 4.69) is 11.1 Å². The molecule has 3 N–H and O–H groups in total. The molecule has 28 heavy (non-hydrogen) atoms. The van der Waals surface area contributed by atoms with Crippen molar-refractivity contribution < 1.29 is 10.2 Å². The summed E-state index contributed by atoms with van der Waals surface area (Å²) in [6.07, 6.45) is 1.28. The van der Waals surface area contributed by atoms with E-state index in [4.69, 9.17) is 5.41 Å². The number of nitrogens with one attached hydrogen (secondary N) is 1. The Balaban J connectivity index is 1.64. The molecule has 0 atom stereocenters. The fourth-order valence-corrected chi connectivity index (χ4v) is 3.09. The highest BCUT2D eigenvalue weighted by Gasteiger charge is 2.07. The Hall–Kier alpha value is -3.40. The van der Waals surface area contributed by atoms with E-state index < -0.39 is 0 Å². The predicted octanol–water partition coefficient (Wildman–Crippen LogP) is 5.11. The Morgan fingerprint density at radius 1 is 0.821 bits per heavy atom. The molecule has 0 amide bonds. The summed E-state index contributed by atoms with van der Waals surface area (Å²) in [5, 5.41) is 28.0. The zero-order valence-corrected chi connectivity index (χ0v) is 15.9. The molecule has 0 aliphatic heterocycles. The third-order valence-corrected chi connectivity index (χ3v) is 4.68. The lowest BCUT2D eigenvalue weighted by molar-refractivity contribution is 0.473. The van der Waals surface area contributed by atoms with Crippen LogP contribution in [0.4, 0.5) is 0 Å². The fraction of sp³-hybridized carbons (Fsp3) is 0.167. The van der Waals surface area contributed by atoms with Crippen molar-refractivity contribution in [3.8, 4) is 11.5 Å². The molecule has 0 bridgehead atoms. The van der Waals surface area contributed by atoms with E-state index >= 15 is 0 Å². The predicted molar refractivity (Wildman–Crippen MR) is 114 cm³/mol. The lowest BCUT2D eigenvalue weighted by Gasteiger charge is -2.08. The number of benzene rings is 3. The van der Waals surface area contributed by atoms with E-state index in [-0.39, 0.29) is 11.5 Å². The van der Waals surface area contributed by atoms with E-state index in [0.717, 1.165) is 28.8 Å². The highest BCUT2D eigenvalue weighted by Crippen LogP contribution is 2.20. The summed E-state index contributed by atoms with van der Waals surface area (Å²) in [6.45, 7) is 2.43. The van der Waals surface area contributed by atoms with E-state index in [0.29, 0.717) is 24.2 Å². The second-order valence-electron chi connectivity index (χ2n) is 6.73. The second-order valence-corrected chi connectivity index (χ2v) is 6.73. The number of phenolic OH excluding ortho intramolecular Hbond substituents is 2. The molecular formula is C24H24N2O2. The highest BCUT2D eigenvalue weighted by molar-refractivity contribution is 6.01. The molecule has 0 saturated carbocycles. The maximum Gasteiger partial charge on any atom is 0.124 e. The molecule has 0 aliphatic carbocycles. The number of aliphatic imine (C=N–C) groups is 1. The van der Waals surface area contributed by atoms with Gasteiger partial charge in [-0.05, 0) is 55.2 Å². The zero-order chi connectivity index (χ0) is 19.9. The lowest BCUT2D eigenvalue weighted by Crippen LogP contribution is -2.02. The third kappa shape index (κ3) is 4.86. The van der Waals surface area contributed by atoms with Crippen molar-refractivity contribution in [1.82, 2.24) is 0 Å². The van der Waals surface area contributed by atoms with Gasteiger partial charge in [-0.1, -0.05) is 48.5 Å². The molecule has 4 heteroatoms. The van der Waals surface area contributed by atoms with Gasteiger partial charge in [-0.15, -0.1) is 0 Å². The Morgan fingerprint density at radius 2 is 1.43 bits per heavy atom. The van der Waals surface area contributed by atoms with Gasteiger partial charge in [0.1, 0.15) is 11.5 Å². The molecule has 0 radical (unpaired) electrons. The standard InChI is InChI=1S/C24H24N2O2/c1-17(20-9-2-4-11-23(20)27)26-16-19-8-6-7-18(15-19)13-14-22(25)21-10-3-5-12-24(21)28/h2-12,15,25,27-28H,13-14,16H2,1H3/b25-22?,26-17+. The normalized spacial score (nSPS) is 11.4. The molecule has 0 aliphatic rings. The SMILES string of the molecule is C/C(=N\Cc1cccc(CCC(=N)c2ccccc2O)c1)c1ccccc1O. The first kappa shape index (κ1) is 19.4. The molecule has 0 heterocycles. The number of hydrogen-bond donors (Lipinski definition) is 3. The molecule has 0 aromatic heterocycles. The third-order valence-electron chi connectivity index (χ3n) is 4.68. The molecule has 3 rings (SSSR count). The van der Waals surface area contributed by atoms with Crippen LogP contribution in [0.1, 0.15) is 35.6 Å². The van der Waals surface area contributed by atoms with Gasteiger partial charge in [-0.25, -0.2) is 0 Å². The zero-order valence-electron chi connectivity index (χ0n) is 15.9. The van der Waals surface area contributed by atoms with Gasteiger partial charge in [0.05, 0.1) is 6.54 Å². The van der Waals surface area contributed by atoms with Crippen LogP contribution >= 0.6 is 0 Å². The number of rotatable bonds is 7. The van der Waals surface area contributed by atoms with Crippen LogP contribution in [0.15, 0.2) is 77.8 Å². The number of aromatic hydroxyl groups is 2. The smallest absolute Gasteiger partial charge is 0.124 e. The number of para-hydroxylation sites is 2. The molecule has 142 valence electrons. The van der Waals surface area contributed by atoms with Crippen molar-refractivity contribution in [3.63, 3.8) is 0 Å². The monoisotopic (exact) mass is 372 g/mol. The summed E-state index contributed by atoms with van der Waals surface area (Å²) in [5.41, 5.74) is 4.77. The highest BCUT2D eigenvalue weighted by atomic mass is 16.3. The van der Waals surface area contributed by atoms with Crippen molar-refractivity contribution in [2.75, 3.05) is 0 Å². The van der Waals surface area contributed by atoms with Crippen LogP contribution in [0.3, 0.4) is 0 Å². The van der Waals surface area contributed by atoms with Crippen LogP contribution in [0.2, 0.25) is 0 Å². The van der Waals surface area contributed by atoms with Crippen molar-refractivity contribution in [3.05, 3.63) is 95.1 Å². The minimum Gasteiger partial charge on any atom is -0.507 e. The van der Waals surface area contributed by atoms with Crippen molar-refractivity contribution in [2.24, 2.45) is 4.99 Å². The van der Waals surface area contributed by atoms with E-state index in [9.17, 15) is 10.2 Å². The van der Waals surface area contributed by atoms with Crippen LogP contribution in [-0.2, 0) is 13.0 Å². The maximum absolute atomic E-state index is 9.94. The largest absolute Gasteiger partial charge is 0.507 e. The van der Waals surface area contributed by atoms with Gasteiger partial charge in [0.25, 0.3) is 0 Å². The molecule has 0 spiro atoms. The molecule has 3 aromatic carbocycles. The summed E-state index contributed by atoms with van der Waals surface area (Å²) in [4.78, 5) is 4.60. The van der Waals surface area contributed by atoms with E-state index in [1.165, 1.54) is 0 Å². The Morgan fingerprint density at radius 3 is 2.11 bits per heavy atom. The summed E-state index contributed by atoms with van der Waals surface area (Å²) >= 11 is 0. The van der Waals surface area contributed by atoms with Gasteiger partial charge in [-0.3, -0.25) is 4.99 Å². The van der Waals surface area contributed by atoms with Gasteiger partial charge >= 0.3 is 0 Å². The van der Waals surface area contributed by atoms with Gasteiger partial charge < -0.3 is 15.6 Å². The van der Waals surface area contributed by atoms with Gasteiger partial charge in [0.15, 0.2) is 0 Å². The van der Waals surface area contributed by atoms with Crippen molar-refractivity contribution >= 4 is 11.4 Å². The molecule has 0 saturated heterocycles. The average Bonchev–Trinajstić information content (AvgIpc) is 2.71. The summed E-state index contributed by atoms with van der Waals surface area (Å²) in [5.74, 6) is 0.385. The lowest BCUT2D eigenvalue weighted by atomic mass is 10.0. The summed E-state index contributed by atoms with van der Waals surface area (Å²) < 4.78 is 0. The maximum atomic E-state index is 9.94. The molecule has 4 nitrogen and oxygen atoms in total. The van der Waals surface area contributed by atoms with Crippen LogP contribution in [-0.4, -0.2) is 21.6 Å². The number of nitrogens with zero attached hydrogens (tertiary/aromatic N) is 1. The van der Waals surface area contributed by atoms with Crippen LogP contribution in [0.5, 0.6) is 11.5 Å². The number of phenols is 2. The molecule has 3 aromatic rings. The van der Waals surface area contributed by atoms with Gasteiger partial charge in [0, 0.05) is 22.6 Å². The van der Waals surface area contributed by atoms with Crippen molar-refractivity contribution in [1.29, 1.82) is 5.41 Å². The molecule has 0 fully saturated rings. The van der Waals surface area contributed by atoms with Crippen LogP contribution in [0.25, 0.3) is 0 Å². The Labute approximate surface area is 165 Å². The van der Waals surface area contributed by atoms with E-state index in [1.807, 2.05) is 43.3 Å². The minimum atomic E-state index is 0.148. The fourth-order valence-electron chi connectivity index (χ4n) is 3.09. The van der Waals surface area contributed by atoms with Crippen LogP contribution < -0.4 is 0 Å².